The molecule has 2 rings (SSSR count). The SMILES string of the molecule is CCNC(Cc1cccs1)c1cc(C(F)(F)F)ccc1Br. The van der Waals surface area contributed by atoms with Crippen molar-refractivity contribution < 1.29 is 13.2 Å². The average Bonchev–Trinajstić information content (AvgIpc) is 2.90. The molecule has 1 unspecified atom stereocenters. The molecule has 2 aromatic rings. The van der Waals surface area contributed by atoms with E-state index in [0.29, 0.717) is 23.0 Å². The third-order valence-corrected chi connectivity index (χ3v) is 4.76. The Balaban J connectivity index is 2.34. The molecule has 0 fully saturated rings. The van der Waals surface area contributed by atoms with Crippen molar-refractivity contribution in [1.82, 2.24) is 5.32 Å². The van der Waals surface area contributed by atoms with Crippen LogP contribution in [-0.4, -0.2) is 6.54 Å². The Morgan fingerprint density at radius 2 is 2.05 bits per heavy atom. The highest BCUT2D eigenvalue weighted by atomic mass is 79.9. The Labute approximate surface area is 134 Å². The summed E-state index contributed by atoms with van der Waals surface area (Å²) in [4.78, 5) is 1.14. The van der Waals surface area contributed by atoms with E-state index >= 15 is 0 Å². The van der Waals surface area contributed by atoms with Gasteiger partial charge in [0, 0.05) is 21.8 Å². The number of hydrogen-bond donors (Lipinski definition) is 1. The van der Waals surface area contributed by atoms with E-state index in [0.717, 1.165) is 10.9 Å². The van der Waals surface area contributed by atoms with E-state index in [1.165, 1.54) is 12.1 Å². The maximum absolute atomic E-state index is 12.9. The Morgan fingerprint density at radius 3 is 2.62 bits per heavy atom. The number of thiophene rings is 1. The van der Waals surface area contributed by atoms with E-state index in [1.54, 1.807) is 11.3 Å². The second-order valence-corrected chi connectivity index (χ2v) is 6.51. The van der Waals surface area contributed by atoms with Gasteiger partial charge in [0.15, 0.2) is 0 Å². The zero-order valence-electron chi connectivity index (χ0n) is 11.4. The molecule has 1 atom stereocenters. The van der Waals surface area contributed by atoms with E-state index in [4.69, 9.17) is 0 Å². The molecule has 0 spiro atoms. The van der Waals surface area contributed by atoms with Gasteiger partial charge in [0.2, 0.25) is 0 Å². The minimum Gasteiger partial charge on any atom is -0.310 e. The van der Waals surface area contributed by atoms with Crippen molar-refractivity contribution >= 4 is 27.3 Å². The summed E-state index contributed by atoms with van der Waals surface area (Å²) in [6.07, 6.45) is -3.65. The summed E-state index contributed by atoms with van der Waals surface area (Å²) in [6, 6.07) is 7.59. The first-order valence-corrected chi connectivity index (χ1v) is 8.21. The van der Waals surface area contributed by atoms with Crippen molar-refractivity contribution in [2.75, 3.05) is 6.54 Å². The Bertz CT molecular complexity index is 581. The fraction of sp³-hybridized carbons (Fsp3) is 0.333. The molecule has 0 aliphatic heterocycles. The molecule has 1 nitrogen and oxygen atoms in total. The summed E-state index contributed by atoms with van der Waals surface area (Å²) in [5, 5.41) is 5.24. The van der Waals surface area contributed by atoms with Crippen molar-refractivity contribution in [3.05, 3.63) is 56.2 Å². The van der Waals surface area contributed by atoms with Gasteiger partial charge >= 0.3 is 6.18 Å². The van der Waals surface area contributed by atoms with Crippen LogP contribution in [0.4, 0.5) is 13.2 Å². The summed E-state index contributed by atoms with van der Waals surface area (Å²) in [5.74, 6) is 0. The van der Waals surface area contributed by atoms with Gasteiger partial charge in [-0.05, 0) is 41.8 Å². The topological polar surface area (TPSA) is 12.0 Å². The average molecular weight is 378 g/mol. The fourth-order valence-corrected chi connectivity index (χ4v) is 3.43. The lowest BCUT2D eigenvalue weighted by Crippen LogP contribution is -2.23. The van der Waals surface area contributed by atoms with E-state index < -0.39 is 11.7 Å². The number of halogens is 4. The third-order valence-electron chi connectivity index (χ3n) is 3.13. The Kier molecular flexibility index (Phi) is 5.46. The highest BCUT2D eigenvalue weighted by molar-refractivity contribution is 9.10. The van der Waals surface area contributed by atoms with E-state index in [2.05, 4.69) is 21.2 Å². The molecule has 0 aliphatic rings. The number of nitrogens with one attached hydrogen (secondary N) is 1. The van der Waals surface area contributed by atoms with Crippen LogP contribution in [0.25, 0.3) is 0 Å². The molecule has 0 saturated carbocycles. The summed E-state index contributed by atoms with van der Waals surface area (Å²) in [6.45, 7) is 2.64. The van der Waals surface area contributed by atoms with Crippen LogP contribution in [0, 0.1) is 0 Å². The van der Waals surface area contributed by atoms with Crippen LogP contribution in [0.3, 0.4) is 0 Å². The maximum atomic E-state index is 12.9. The predicted octanol–water partition coefficient (Wildman–Crippen LogP) is 5.42. The standard InChI is InChI=1S/C15H15BrF3NS/c1-2-20-14(9-11-4-3-7-21-11)12-8-10(15(17,18)19)5-6-13(12)16/h3-8,14,20H,2,9H2,1H3. The molecule has 0 radical (unpaired) electrons. The zero-order chi connectivity index (χ0) is 15.5. The van der Waals surface area contributed by atoms with Gasteiger partial charge < -0.3 is 5.32 Å². The Morgan fingerprint density at radius 1 is 1.29 bits per heavy atom. The third kappa shape index (κ3) is 4.31. The minimum absolute atomic E-state index is 0.148. The van der Waals surface area contributed by atoms with Gasteiger partial charge in [0.1, 0.15) is 0 Å². The maximum Gasteiger partial charge on any atom is 0.416 e. The van der Waals surface area contributed by atoms with Gasteiger partial charge in [-0.3, -0.25) is 0 Å². The Hall–Kier alpha value is -0.850. The van der Waals surface area contributed by atoms with E-state index in [-0.39, 0.29) is 6.04 Å². The highest BCUT2D eigenvalue weighted by Crippen LogP contribution is 2.35. The summed E-state index contributed by atoms with van der Waals surface area (Å²) in [5.41, 5.74) is 0.0230. The van der Waals surface area contributed by atoms with Crippen molar-refractivity contribution in [1.29, 1.82) is 0 Å². The molecule has 21 heavy (non-hydrogen) atoms. The minimum atomic E-state index is -4.32. The zero-order valence-corrected chi connectivity index (χ0v) is 13.8. The van der Waals surface area contributed by atoms with Crippen LogP contribution in [0.15, 0.2) is 40.2 Å². The number of likely N-dealkylation sites (N-methyl/N-ethyl adjacent to an activating group) is 1. The summed E-state index contributed by atoms with van der Waals surface area (Å²) >= 11 is 4.98. The van der Waals surface area contributed by atoms with Gasteiger partial charge in [0.25, 0.3) is 0 Å². The largest absolute Gasteiger partial charge is 0.416 e. The molecule has 1 aromatic carbocycles. The van der Waals surface area contributed by atoms with Crippen molar-refractivity contribution in [3.8, 4) is 0 Å². The molecule has 1 heterocycles. The smallest absolute Gasteiger partial charge is 0.310 e. The van der Waals surface area contributed by atoms with Gasteiger partial charge in [0.05, 0.1) is 5.56 Å². The lowest BCUT2D eigenvalue weighted by molar-refractivity contribution is -0.137. The molecular weight excluding hydrogens is 363 g/mol. The van der Waals surface area contributed by atoms with Crippen LogP contribution < -0.4 is 5.32 Å². The molecule has 0 aliphatic carbocycles. The lowest BCUT2D eigenvalue weighted by Gasteiger charge is -2.20. The molecular formula is C15H15BrF3NS. The van der Waals surface area contributed by atoms with Crippen LogP contribution in [0.5, 0.6) is 0 Å². The van der Waals surface area contributed by atoms with Crippen LogP contribution in [0.1, 0.15) is 29.0 Å². The molecule has 114 valence electrons. The van der Waals surface area contributed by atoms with Crippen LogP contribution in [0.2, 0.25) is 0 Å². The van der Waals surface area contributed by atoms with Crippen molar-refractivity contribution in [2.45, 2.75) is 25.6 Å². The molecule has 0 saturated heterocycles. The van der Waals surface area contributed by atoms with Crippen LogP contribution >= 0.6 is 27.3 Å². The van der Waals surface area contributed by atoms with Gasteiger partial charge in [-0.2, -0.15) is 13.2 Å². The number of hydrogen-bond acceptors (Lipinski definition) is 2. The van der Waals surface area contributed by atoms with Crippen molar-refractivity contribution in [2.24, 2.45) is 0 Å². The van der Waals surface area contributed by atoms with Crippen molar-refractivity contribution in [3.63, 3.8) is 0 Å². The summed E-state index contributed by atoms with van der Waals surface area (Å²) in [7, 11) is 0. The number of rotatable bonds is 5. The lowest BCUT2D eigenvalue weighted by atomic mass is 10.00. The first-order valence-electron chi connectivity index (χ1n) is 6.54. The monoisotopic (exact) mass is 377 g/mol. The second kappa shape index (κ2) is 6.94. The quantitative estimate of drug-likeness (QED) is 0.732. The first-order chi connectivity index (χ1) is 9.91. The van der Waals surface area contributed by atoms with Gasteiger partial charge in [-0.1, -0.05) is 28.9 Å². The molecule has 1 N–H and O–H groups in total. The second-order valence-electron chi connectivity index (χ2n) is 4.63. The fourth-order valence-electron chi connectivity index (χ4n) is 2.16. The van der Waals surface area contributed by atoms with Gasteiger partial charge in [-0.25, -0.2) is 0 Å². The normalized spacial score (nSPS) is 13.4. The first kappa shape index (κ1) is 16.5. The molecule has 0 amide bonds. The predicted molar refractivity (Wildman–Crippen MR) is 83.6 cm³/mol. The molecule has 0 bridgehead atoms. The van der Waals surface area contributed by atoms with E-state index in [9.17, 15) is 13.2 Å². The van der Waals surface area contributed by atoms with Gasteiger partial charge in [-0.15, -0.1) is 11.3 Å². The number of alkyl halides is 3. The molecule has 6 heteroatoms. The highest BCUT2D eigenvalue weighted by Gasteiger charge is 2.31. The van der Waals surface area contributed by atoms with E-state index in [1.807, 2.05) is 24.4 Å². The van der Waals surface area contributed by atoms with Crippen LogP contribution in [-0.2, 0) is 12.6 Å². The number of benzene rings is 1. The summed E-state index contributed by atoms with van der Waals surface area (Å²) < 4.78 is 39.4. The molecule has 1 aromatic heterocycles.